The molecule has 1 N–H and O–H groups in total. The predicted octanol–water partition coefficient (Wildman–Crippen LogP) is 3.48. The van der Waals surface area contributed by atoms with Gasteiger partial charge in [0.15, 0.2) is 5.75 Å². The summed E-state index contributed by atoms with van der Waals surface area (Å²) in [5.74, 6) is -0.128. The molecule has 1 aromatic carbocycles. The Morgan fingerprint density at radius 3 is 2.64 bits per heavy atom. The fourth-order valence-electron chi connectivity index (χ4n) is 2.33. The fraction of sp³-hybridized carbons (Fsp3) is 0. The second kappa shape index (κ2) is 4.76. The van der Waals surface area contributed by atoms with Crippen molar-refractivity contribution in [1.29, 1.82) is 5.26 Å². The first kappa shape index (κ1) is 12.7. The van der Waals surface area contributed by atoms with Crippen LogP contribution in [0.15, 0.2) is 42.5 Å². The molecule has 0 aliphatic carbocycles. The average molecular weight is 304 g/mol. The van der Waals surface area contributed by atoms with Crippen molar-refractivity contribution in [2.45, 2.75) is 0 Å². The number of hydrogen-bond donors (Lipinski definition) is 1. The molecule has 0 fully saturated rings. The summed E-state index contributed by atoms with van der Waals surface area (Å²) in [6.45, 7) is 0. The van der Waals surface area contributed by atoms with Gasteiger partial charge in [-0.25, -0.2) is 4.98 Å². The number of aromatic hydroxyl groups is 1. The number of rotatable bonds is 1. The van der Waals surface area contributed by atoms with Crippen molar-refractivity contribution < 1.29 is 5.11 Å². The highest BCUT2D eigenvalue weighted by Gasteiger charge is 2.16. The lowest BCUT2D eigenvalue weighted by Crippen LogP contribution is -1.88. The first-order valence-corrected chi connectivity index (χ1v) is 7.34. The topological polar surface area (TPSA) is 82.7 Å². The fourth-order valence-corrected chi connectivity index (χ4v) is 3.38. The zero-order valence-electron chi connectivity index (χ0n) is 11.2. The van der Waals surface area contributed by atoms with Gasteiger partial charge in [0.05, 0.1) is 5.69 Å². The quantitative estimate of drug-likeness (QED) is 0.582. The third kappa shape index (κ3) is 1.80. The Morgan fingerprint density at radius 2 is 1.86 bits per heavy atom. The van der Waals surface area contributed by atoms with E-state index in [2.05, 4.69) is 15.2 Å². The summed E-state index contributed by atoms with van der Waals surface area (Å²) in [5.41, 5.74) is 2.38. The summed E-state index contributed by atoms with van der Waals surface area (Å²) in [4.78, 5) is 5.40. The summed E-state index contributed by atoms with van der Waals surface area (Å²) < 4.78 is 0.541. The summed E-state index contributed by atoms with van der Waals surface area (Å²) in [5, 5.41) is 27.6. The Kier molecular flexibility index (Phi) is 2.74. The van der Waals surface area contributed by atoms with Crippen molar-refractivity contribution in [3.05, 3.63) is 48.2 Å². The monoisotopic (exact) mass is 304 g/mol. The van der Waals surface area contributed by atoms with Gasteiger partial charge in [0.2, 0.25) is 5.69 Å². The smallest absolute Gasteiger partial charge is 0.206 e. The van der Waals surface area contributed by atoms with Crippen LogP contribution in [0.1, 0.15) is 5.69 Å². The van der Waals surface area contributed by atoms with Crippen LogP contribution in [0.25, 0.3) is 31.7 Å². The van der Waals surface area contributed by atoms with Crippen LogP contribution in [-0.4, -0.2) is 20.3 Å². The Bertz CT molecular complexity index is 1050. The predicted molar refractivity (Wildman–Crippen MR) is 84.5 cm³/mol. The molecule has 0 radical (unpaired) electrons. The van der Waals surface area contributed by atoms with Crippen molar-refractivity contribution >= 4 is 31.8 Å². The van der Waals surface area contributed by atoms with Crippen LogP contribution in [0, 0.1) is 11.3 Å². The molecule has 6 heteroatoms. The molecule has 0 aliphatic rings. The largest absolute Gasteiger partial charge is 0.504 e. The molecule has 3 heterocycles. The molecule has 0 bridgehead atoms. The maximum Gasteiger partial charge on any atom is 0.206 e. The summed E-state index contributed by atoms with van der Waals surface area (Å²) in [6.07, 6.45) is 0. The number of nitriles is 1. The third-order valence-electron chi connectivity index (χ3n) is 3.39. The minimum atomic E-state index is -0.128. The minimum Gasteiger partial charge on any atom is -0.504 e. The van der Waals surface area contributed by atoms with Crippen molar-refractivity contribution in [1.82, 2.24) is 15.2 Å². The molecule has 0 unspecified atom stereocenters. The van der Waals surface area contributed by atoms with Gasteiger partial charge in [0.1, 0.15) is 21.1 Å². The van der Waals surface area contributed by atoms with Crippen molar-refractivity contribution in [3.63, 3.8) is 0 Å². The van der Waals surface area contributed by atoms with E-state index >= 15 is 0 Å². The van der Waals surface area contributed by atoms with Gasteiger partial charge in [0, 0.05) is 10.9 Å². The molecule has 0 atom stereocenters. The Hall–Kier alpha value is -3.04. The molecule has 0 spiro atoms. The molecule has 0 aliphatic heterocycles. The molecule has 4 aromatic rings. The number of thiophene rings is 1. The van der Waals surface area contributed by atoms with E-state index in [4.69, 9.17) is 5.26 Å². The molecule has 0 saturated heterocycles. The lowest BCUT2D eigenvalue weighted by atomic mass is 10.1. The lowest BCUT2D eigenvalue weighted by molar-refractivity contribution is 0.476. The molecule has 5 nitrogen and oxygen atoms in total. The van der Waals surface area contributed by atoms with Gasteiger partial charge in [-0.2, -0.15) is 5.26 Å². The number of aromatic nitrogens is 3. The van der Waals surface area contributed by atoms with E-state index in [1.807, 2.05) is 48.5 Å². The van der Waals surface area contributed by atoms with E-state index in [1.165, 1.54) is 11.3 Å². The molecule has 3 aromatic heterocycles. The van der Waals surface area contributed by atoms with Gasteiger partial charge < -0.3 is 5.11 Å². The van der Waals surface area contributed by atoms with Crippen LogP contribution in [0.3, 0.4) is 0 Å². The highest BCUT2D eigenvalue weighted by Crippen LogP contribution is 2.38. The number of fused-ring (bicyclic) bond motifs is 3. The van der Waals surface area contributed by atoms with E-state index in [9.17, 15) is 5.11 Å². The lowest BCUT2D eigenvalue weighted by Gasteiger charge is -1.99. The highest BCUT2D eigenvalue weighted by molar-refractivity contribution is 7.25. The van der Waals surface area contributed by atoms with Gasteiger partial charge >= 0.3 is 0 Å². The van der Waals surface area contributed by atoms with Crippen molar-refractivity contribution in [3.8, 4) is 23.1 Å². The Labute approximate surface area is 129 Å². The molecule has 0 saturated carbocycles. The Balaban J connectivity index is 2.00. The summed E-state index contributed by atoms with van der Waals surface area (Å²) in [6, 6.07) is 15.5. The van der Waals surface area contributed by atoms with Gasteiger partial charge in [-0.05, 0) is 12.1 Å². The van der Waals surface area contributed by atoms with Crippen LogP contribution in [0.5, 0.6) is 5.75 Å². The maximum atomic E-state index is 10.1. The summed E-state index contributed by atoms with van der Waals surface area (Å²) in [7, 11) is 0. The standard InChI is InChI=1S/C16H8N4OS/c17-8-12-14(21)15-13(20-19-12)10-6-7-11(18-16(10)22-15)9-4-2-1-3-5-9/h1-7H,(H,20,21). The number of hydrogen-bond acceptors (Lipinski definition) is 6. The van der Waals surface area contributed by atoms with Crippen LogP contribution >= 0.6 is 11.3 Å². The molecule has 22 heavy (non-hydrogen) atoms. The Morgan fingerprint density at radius 1 is 1.05 bits per heavy atom. The number of benzene rings is 1. The van der Waals surface area contributed by atoms with E-state index in [0.29, 0.717) is 10.2 Å². The molecular weight excluding hydrogens is 296 g/mol. The van der Waals surface area contributed by atoms with Crippen LogP contribution in [0.2, 0.25) is 0 Å². The van der Waals surface area contributed by atoms with E-state index < -0.39 is 0 Å². The SMILES string of the molecule is N#Cc1nnc2c(sc3nc(-c4ccccc4)ccc32)c1O. The maximum absolute atomic E-state index is 10.1. The van der Waals surface area contributed by atoms with Gasteiger partial charge in [-0.1, -0.05) is 30.3 Å². The summed E-state index contributed by atoms with van der Waals surface area (Å²) >= 11 is 1.31. The van der Waals surface area contributed by atoms with Crippen molar-refractivity contribution in [2.75, 3.05) is 0 Å². The van der Waals surface area contributed by atoms with Crippen LogP contribution in [0.4, 0.5) is 0 Å². The molecular formula is C16H8N4OS. The third-order valence-corrected chi connectivity index (χ3v) is 4.49. The van der Waals surface area contributed by atoms with E-state index in [0.717, 1.165) is 21.5 Å². The zero-order chi connectivity index (χ0) is 15.1. The van der Waals surface area contributed by atoms with E-state index in [1.54, 1.807) is 0 Å². The van der Waals surface area contributed by atoms with Gasteiger partial charge in [-0.3, -0.25) is 0 Å². The number of nitrogens with zero attached hydrogens (tertiary/aromatic N) is 4. The molecule has 0 amide bonds. The van der Waals surface area contributed by atoms with Gasteiger partial charge in [-0.15, -0.1) is 21.5 Å². The number of pyridine rings is 1. The second-order valence-electron chi connectivity index (χ2n) is 4.70. The zero-order valence-corrected chi connectivity index (χ0v) is 12.0. The first-order valence-electron chi connectivity index (χ1n) is 6.52. The van der Waals surface area contributed by atoms with Crippen LogP contribution < -0.4 is 0 Å². The van der Waals surface area contributed by atoms with Gasteiger partial charge in [0.25, 0.3) is 0 Å². The first-order chi connectivity index (χ1) is 10.8. The van der Waals surface area contributed by atoms with Crippen molar-refractivity contribution in [2.24, 2.45) is 0 Å². The minimum absolute atomic E-state index is 0.0673. The average Bonchev–Trinajstić information content (AvgIpc) is 2.95. The molecule has 104 valence electrons. The van der Waals surface area contributed by atoms with Crippen LogP contribution in [-0.2, 0) is 0 Å². The molecule has 4 rings (SSSR count). The van der Waals surface area contributed by atoms with E-state index in [-0.39, 0.29) is 11.4 Å². The second-order valence-corrected chi connectivity index (χ2v) is 5.70. The highest BCUT2D eigenvalue weighted by atomic mass is 32.1. The normalized spacial score (nSPS) is 10.9.